The zero-order valence-corrected chi connectivity index (χ0v) is 14.1. The third kappa shape index (κ3) is 4.74. The van der Waals surface area contributed by atoms with E-state index < -0.39 is 0 Å². The molecule has 0 bridgehead atoms. The molecule has 1 heterocycles. The summed E-state index contributed by atoms with van der Waals surface area (Å²) < 4.78 is 5.78. The molecule has 2 rings (SSSR count). The van der Waals surface area contributed by atoms with Crippen LogP contribution in [0.5, 0.6) is 5.75 Å². The van der Waals surface area contributed by atoms with E-state index in [0.717, 1.165) is 37.1 Å². The maximum absolute atomic E-state index is 12.7. The summed E-state index contributed by atoms with van der Waals surface area (Å²) in [5.74, 6) is 3.68. The van der Waals surface area contributed by atoms with Crippen LogP contribution in [0.3, 0.4) is 0 Å². The van der Waals surface area contributed by atoms with Gasteiger partial charge in [0.15, 0.2) is 0 Å². The lowest BCUT2D eigenvalue weighted by Gasteiger charge is -2.35. The van der Waals surface area contributed by atoms with Gasteiger partial charge < -0.3 is 9.64 Å². The molecule has 1 aromatic rings. The third-order valence-electron chi connectivity index (χ3n) is 4.35. The highest BCUT2D eigenvalue weighted by Gasteiger charge is 2.30. The summed E-state index contributed by atoms with van der Waals surface area (Å²) in [6, 6.07) is 7.83. The number of piperidine rings is 1. The van der Waals surface area contributed by atoms with Gasteiger partial charge in [-0.05, 0) is 37.9 Å². The van der Waals surface area contributed by atoms with Crippen LogP contribution in [0.4, 0.5) is 0 Å². The van der Waals surface area contributed by atoms with E-state index in [4.69, 9.17) is 11.2 Å². The Morgan fingerprint density at radius 1 is 1.43 bits per heavy atom. The fourth-order valence-electron chi connectivity index (χ4n) is 2.95. The molecule has 1 unspecified atom stereocenters. The van der Waals surface area contributed by atoms with Gasteiger partial charge in [0, 0.05) is 7.05 Å². The Bertz CT molecular complexity index is 565. The van der Waals surface area contributed by atoms with Crippen molar-refractivity contribution in [3.8, 4) is 18.1 Å². The highest BCUT2D eigenvalue weighted by atomic mass is 16.5. The zero-order valence-electron chi connectivity index (χ0n) is 14.1. The van der Waals surface area contributed by atoms with E-state index in [1.165, 1.54) is 0 Å². The predicted octanol–water partition coefficient (Wildman–Crippen LogP) is 2.32. The molecule has 0 N–H and O–H groups in total. The van der Waals surface area contributed by atoms with Crippen LogP contribution >= 0.6 is 0 Å². The van der Waals surface area contributed by atoms with Gasteiger partial charge in [0.2, 0.25) is 5.91 Å². The van der Waals surface area contributed by atoms with Gasteiger partial charge >= 0.3 is 0 Å². The van der Waals surface area contributed by atoms with E-state index >= 15 is 0 Å². The maximum Gasteiger partial charge on any atom is 0.239 e. The Balaban J connectivity index is 1.84. The van der Waals surface area contributed by atoms with Crippen LogP contribution in [0.1, 0.15) is 24.8 Å². The summed E-state index contributed by atoms with van der Waals surface area (Å²) in [5.41, 5.74) is 1.11. The summed E-state index contributed by atoms with van der Waals surface area (Å²) >= 11 is 0. The molecule has 1 amide bonds. The molecule has 4 heteroatoms. The van der Waals surface area contributed by atoms with Crippen molar-refractivity contribution in [2.45, 2.75) is 32.2 Å². The molecule has 1 aromatic carbocycles. The molecule has 0 saturated carbocycles. The minimum Gasteiger partial charge on any atom is -0.491 e. The summed E-state index contributed by atoms with van der Waals surface area (Å²) in [5, 5.41) is 0. The molecule has 1 aliphatic rings. The lowest BCUT2D eigenvalue weighted by Crippen LogP contribution is -2.50. The number of aryl methyl sites for hydroxylation is 1. The Kier molecular flexibility index (Phi) is 6.49. The van der Waals surface area contributed by atoms with Crippen LogP contribution in [0.2, 0.25) is 0 Å². The van der Waals surface area contributed by atoms with Crippen LogP contribution in [-0.2, 0) is 4.79 Å². The van der Waals surface area contributed by atoms with E-state index in [1.54, 1.807) is 4.90 Å². The van der Waals surface area contributed by atoms with Gasteiger partial charge in [0.1, 0.15) is 12.4 Å². The van der Waals surface area contributed by atoms with Gasteiger partial charge in [-0.2, -0.15) is 0 Å². The molecule has 1 fully saturated rings. The predicted molar refractivity (Wildman–Crippen MR) is 92.4 cm³/mol. The molecule has 0 spiro atoms. The number of likely N-dealkylation sites (tertiary alicyclic amines) is 1. The number of amides is 1. The maximum atomic E-state index is 12.7. The zero-order chi connectivity index (χ0) is 16.7. The van der Waals surface area contributed by atoms with Gasteiger partial charge in [0.05, 0.1) is 19.1 Å². The quantitative estimate of drug-likeness (QED) is 0.756. The SMILES string of the molecule is C#CCN1CCCCC1C(=O)N(C)CCOc1ccccc1C. The standard InChI is InChI=1S/C19H26N2O2/c1-4-12-21-13-8-7-10-17(21)19(22)20(3)14-15-23-18-11-6-5-9-16(18)2/h1,5-6,9,11,17H,7-8,10,12-15H2,2-3H3. The highest BCUT2D eigenvalue weighted by molar-refractivity contribution is 5.81. The van der Waals surface area contributed by atoms with Gasteiger partial charge in [0.25, 0.3) is 0 Å². The fourth-order valence-corrected chi connectivity index (χ4v) is 2.95. The van der Waals surface area contributed by atoms with E-state index in [0.29, 0.717) is 19.7 Å². The number of carbonyl (C=O) groups excluding carboxylic acids is 1. The van der Waals surface area contributed by atoms with E-state index in [1.807, 2.05) is 38.2 Å². The topological polar surface area (TPSA) is 32.8 Å². The van der Waals surface area contributed by atoms with Crippen LogP contribution in [-0.4, -0.2) is 55.0 Å². The smallest absolute Gasteiger partial charge is 0.239 e. The summed E-state index contributed by atoms with van der Waals surface area (Å²) in [6.45, 7) is 4.55. The molecule has 1 atom stereocenters. The van der Waals surface area contributed by atoms with Crippen LogP contribution in [0.15, 0.2) is 24.3 Å². The third-order valence-corrected chi connectivity index (χ3v) is 4.35. The fraction of sp³-hybridized carbons (Fsp3) is 0.526. The molecule has 1 aliphatic heterocycles. The molecule has 1 saturated heterocycles. The number of nitrogens with zero attached hydrogens (tertiary/aromatic N) is 2. The number of hydrogen-bond acceptors (Lipinski definition) is 3. The molecular formula is C19H26N2O2. The molecule has 0 aromatic heterocycles. The highest BCUT2D eigenvalue weighted by Crippen LogP contribution is 2.19. The minimum atomic E-state index is -0.0803. The second kappa shape index (κ2) is 8.59. The first-order valence-corrected chi connectivity index (χ1v) is 8.24. The van der Waals surface area contributed by atoms with Crippen LogP contribution in [0.25, 0.3) is 0 Å². The normalized spacial score (nSPS) is 18.2. The average molecular weight is 314 g/mol. The molecule has 0 aliphatic carbocycles. The number of benzene rings is 1. The van der Waals surface area contributed by atoms with E-state index in [2.05, 4.69) is 10.8 Å². The number of hydrogen-bond donors (Lipinski definition) is 0. The van der Waals surface area contributed by atoms with Crippen molar-refractivity contribution < 1.29 is 9.53 Å². The number of likely N-dealkylation sites (N-methyl/N-ethyl adjacent to an activating group) is 1. The molecule has 4 nitrogen and oxygen atoms in total. The van der Waals surface area contributed by atoms with Gasteiger partial charge in [-0.25, -0.2) is 0 Å². The number of carbonyl (C=O) groups is 1. The monoisotopic (exact) mass is 314 g/mol. The van der Waals surface area contributed by atoms with Gasteiger partial charge in [-0.3, -0.25) is 9.69 Å². The van der Waals surface area contributed by atoms with Crippen molar-refractivity contribution >= 4 is 5.91 Å². The summed E-state index contributed by atoms with van der Waals surface area (Å²) in [6.07, 6.45) is 8.52. The number of para-hydroxylation sites is 1. The lowest BCUT2D eigenvalue weighted by molar-refractivity contribution is -0.137. The molecule has 23 heavy (non-hydrogen) atoms. The first-order valence-electron chi connectivity index (χ1n) is 8.24. The van der Waals surface area contributed by atoms with Gasteiger partial charge in [-0.1, -0.05) is 30.5 Å². The first-order chi connectivity index (χ1) is 11.1. The van der Waals surface area contributed by atoms with Crippen LogP contribution < -0.4 is 4.74 Å². The Morgan fingerprint density at radius 2 is 2.22 bits per heavy atom. The van der Waals surface area contributed by atoms with Crippen molar-refractivity contribution in [2.75, 3.05) is 33.3 Å². The van der Waals surface area contributed by atoms with Crippen molar-refractivity contribution in [3.63, 3.8) is 0 Å². The second-order valence-corrected chi connectivity index (χ2v) is 6.06. The van der Waals surface area contributed by atoms with Crippen LogP contribution in [0, 0.1) is 19.3 Å². The largest absolute Gasteiger partial charge is 0.491 e. The van der Waals surface area contributed by atoms with E-state index in [-0.39, 0.29) is 11.9 Å². The first kappa shape index (κ1) is 17.4. The van der Waals surface area contributed by atoms with Crippen molar-refractivity contribution in [3.05, 3.63) is 29.8 Å². The van der Waals surface area contributed by atoms with Gasteiger partial charge in [-0.15, -0.1) is 6.42 Å². The van der Waals surface area contributed by atoms with Crippen molar-refractivity contribution in [1.29, 1.82) is 0 Å². The molecule has 0 radical (unpaired) electrons. The van der Waals surface area contributed by atoms with E-state index in [9.17, 15) is 4.79 Å². The Labute approximate surface area is 139 Å². The summed E-state index contributed by atoms with van der Waals surface area (Å²) in [7, 11) is 1.84. The molecule has 124 valence electrons. The Morgan fingerprint density at radius 3 is 2.96 bits per heavy atom. The lowest BCUT2D eigenvalue weighted by atomic mass is 10.0. The Hall–Kier alpha value is -1.99. The van der Waals surface area contributed by atoms with Crippen molar-refractivity contribution in [1.82, 2.24) is 9.80 Å². The average Bonchev–Trinajstić information content (AvgIpc) is 2.56. The number of ether oxygens (including phenoxy) is 1. The summed E-state index contributed by atoms with van der Waals surface area (Å²) in [4.78, 5) is 16.5. The number of rotatable bonds is 6. The van der Waals surface area contributed by atoms with Crippen molar-refractivity contribution in [2.24, 2.45) is 0 Å². The molecular weight excluding hydrogens is 288 g/mol. The minimum absolute atomic E-state index is 0.0803. The second-order valence-electron chi connectivity index (χ2n) is 6.06. The number of terminal acetylenes is 1.